The average molecular weight is 287 g/mol. The third-order valence-corrected chi connectivity index (χ3v) is 4.51. The molecule has 0 bridgehead atoms. The maximum Gasteiger partial charge on any atom is 0.167 e. The van der Waals surface area contributed by atoms with Crippen molar-refractivity contribution < 1.29 is 0 Å². The molecule has 2 aromatic rings. The number of hydrogen-bond donors (Lipinski definition) is 1. The van der Waals surface area contributed by atoms with Crippen molar-refractivity contribution in [1.82, 2.24) is 15.2 Å². The van der Waals surface area contributed by atoms with E-state index in [4.69, 9.17) is 0 Å². The van der Waals surface area contributed by atoms with Crippen molar-refractivity contribution in [3.05, 3.63) is 32.4 Å². The second kappa shape index (κ2) is 5.55. The van der Waals surface area contributed by atoms with Gasteiger partial charge in [-0.3, -0.25) is 0 Å². The van der Waals surface area contributed by atoms with E-state index in [2.05, 4.69) is 26.6 Å². The number of thiazole rings is 1. The molecule has 1 unspecified atom stereocenters. The van der Waals surface area contributed by atoms with Gasteiger partial charge < -0.3 is 5.32 Å². The van der Waals surface area contributed by atoms with Crippen LogP contribution in [0.1, 0.15) is 45.4 Å². The molecule has 0 spiro atoms. The Bertz CT molecular complexity index is 684. The van der Waals surface area contributed by atoms with Crippen molar-refractivity contribution in [3.63, 3.8) is 0 Å². The lowest BCUT2D eigenvalue weighted by molar-refractivity contribution is 0.854. The summed E-state index contributed by atoms with van der Waals surface area (Å²) in [5.41, 5.74) is 3.23. The number of aromatic nitrogens is 3. The summed E-state index contributed by atoms with van der Waals surface area (Å²) in [6, 6.07) is 2.25. The number of aryl methyl sites for hydroxylation is 3. The minimum Gasteiger partial charge on any atom is -0.360 e. The second-order valence-electron chi connectivity index (χ2n) is 4.79. The lowest BCUT2D eigenvalue weighted by Gasteiger charge is -2.15. The molecule has 2 rings (SSSR count). The van der Waals surface area contributed by atoms with Gasteiger partial charge in [-0.25, -0.2) is 4.98 Å². The number of rotatable bonds is 3. The summed E-state index contributed by atoms with van der Waals surface area (Å²) < 4.78 is 0. The van der Waals surface area contributed by atoms with Crippen molar-refractivity contribution in [2.75, 3.05) is 5.32 Å². The van der Waals surface area contributed by atoms with E-state index < -0.39 is 0 Å². The van der Waals surface area contributed by atoms with Crippen molar-refractivity contribution in [3.8, 4) is 6.07 Å². The monoisotopic (exact) mass is 287 g/mol. The molecule has 0 aromatic carbocycles. The van der Waals surface area contributed by atoms with Crippen molar-refractivity contribution in [1.29, 1.82) is 5.26 Å². The van der Waals surface area contributed by atoms with Gasteiger partial charge in [0.1, 0.15) is 11.6 Å². The van der Waals surface area contributed by atoms with Crippen LogP contribution in [0.4, 0.5) is 5.82 Å². The van der Waals surface area contributed by atoms with Crippen LogP contribution in [-0.2, 0) is 0 Å². The summed E-state index contributed by atoms with van der Waals surface area (Å²) in [5.74, 6) is 0.536. The van der Waals surface area contributed by atoms with Crippen LogP contribution in [0.15, 0.2) is 0 Å². The number of nitriles is 1. The minimum absolute atomic E-state index is 0.0460. The molecule has 6 heteroatoms. The van der Waals surface area contributed by atoms with Crippen LogP contribution in [0.25, 0.3) is 0 Å². The predicted octanol–water partition coefficient (Wildman–Crippen LogP) is 3.21. The number of anilines is 1. The fraction of sp³-hybridized carbons (Fsp3) is 0.429. The minimum atomic E-state index is 0.0460. The molecule has 20 heavy (non-hydrogen) atoms. The molecule has 2 heterocycles. The number of nitrogens with zero attached hydrogens (tertiary/aromatic N) is 4. The fourth-order valence-electron chi connectivity index (χ4n) is 2.07. The summed E-state index contributed by atoms with van der Waals surface area (Å²) in [6.45, 7) is 9.77. The molecule has 5 nitrogen and oxygen atoms in total. The van der Waals surface area contributed by atoms with Crippen molar-refractivity contribution in [2.24, 2.45) is 0 Å². The SMILES string of the molecule is Cc1nc(C)c(C(C)Nc2nnc(C)c(C)c2C#N)s1. The molecule has 0 aliphatic heterocycles. The van der Waals surface area contributed by atoms with Gasteiger partial charge in [-0.1, -0.05) is 0 Å². The van der Waals surface area contributed by atoms with Gasteiger partial charge in [-0.05, 0) is 40.2 Å². The highest BCUT2D eigenvalue weighted by Gasteiger charge is 2.17. The molecule has 0 radical (unpaired) electrons. The van der Waals surface area contributed by atoms with Gasteiger partial charge in [-0.15, -0.1) is 16.4 Å². The molecule has 1 N–H and O–H groups in total. The van der Waals surface area contributed by atoms with Crippen LogP contribution < -0.4 is 5.32 Å². The van der Waals surface area contributed by atoms with E-state index in [-0.39, 0.29) is 6.04 Å². The molecular formula is C14H17N5S. The first kappa shape index (κ1) is 14.4. The second-order valence-corrected chi connectivity index (χ2v) is 6.03. The Kier molecular flexibility index (Phi) is 4.00. The maximum atomic E-state index is 9.30. The molecule has 0 saturated carbocycles. The first-order chi connectivity index (χ1) is 9.43. The van der Waals surface area contributed by atoms with Gasteiger partial charge in [0.15, 0.2) is 5.82 Å². The highest BCUT2D eigenvalue weighted by Crippen LogP contribution is 2.28. The molecule has 0 amide bonds. The van der Waals surface area contributed by atoms with Crippen LogP contribution in [0.5, 0.6) is 0 Å². The van der Waals surface area contributed by atoms with E-state index in [1.807, 2.05) is 34.6 Å². The van der Waals surface area contributed by atoms with E-state index in [1.165, 1.54) is 0 Å². The Balaban J connectivity index is 2.33. The van der Waals surface area contributed by atoms with Crippen molar-refractivity contribution in [2.45, 2.75) is 40.7 Å². The molecular weight excluding hydrogens is 270 g/mol. The quantitative estimate of drug-likeness (QED) is 0.938. The lowest BCUT2D eigenvalue weighted by atomic mass is 10.1. The molecule has 0 aliphatic carbocycles. The standard InChI is InChI=1S/C14H17N5S/c1-7-8(2)18-19-14(12(7)6-15)17-10(4)13-9(3)16-11(5)20-13/h10H,1-5H3,(H,17,19). The van der Waals surface area contributed by atoms with Crippen LogP contribution in [-0.4, -0.2) is 15.2 Å². The van der Waals surface area contributed by atoms with E-state index in [0.29, 0.717) is 11.4 Å². The van der Waals surface area contributed by atoms with E-state index in [1.54, 1.807) is 11.3 Å². The summed E-state index contributed by atoms with van der Waals surface area (Å²) in [7, 11) is 0. The summed E-state index contributed by atoms with van der Waals surface area (Å²) in [5, 5.41) is 21.8. The molecule has 104 valence electrons. The van der Waals surface area contributed by atoms with Crippen molar-refractivity contribution >= 4 is 17.2 Å². The summed E-state index contributed by atoms with van der Waals surface area (Å²) in [4.78, 5) is 5.58. The topological polar surface area (TPSA) is 74.5 Å². The van der Waals surface area contributed by atoms with Gasteiger partial charge in [-0.2, -0.15) is 10.4 Å². The Labute approximate surface area is 122 Å². The molecule has 1 atom stereocenters. The van der Waals surface area contributed by atoms with E-state index >= 15 is 0 Å². The molecule has 0 aliphatic rings. The largest absolute Gasteiger partial charge is 0.360 e. The van der Waals surface area contributed by atoms with Gasteiger partial charge in [0.2, 0.25) is 0 Å². The normalized spacial score (nSPS) is 12.0. The highest BCUT2D eigenvalue weighted by molar-refractivity contribution is 7.11. The summed E-state index contributed by atoms with van der Waals surface area (Å²) >= 11 is 1.66. The van der Waals surface area contributed by atoms with Crippen LogP contribution in [0.2, 0.25) is 0 Å². The zero-order valence-corrected chi connectivity index (χ0v) is 13.1. The Morgan fingerprint density at radius 3 is 2.40 bits per heavy atom. The van der Waals surface area contributed by atoms with Gasteiger partial charge in [0.05, 0.1) is 22.4 Å². The first-order valence-corrected chi connectivity index (χ1v) is 7.20. The Morgan fingerprint density at radius 2 is 1.85 bits per heavy atom. The van der Waals surface area contributed by atoms with Crippen LogP contribution >= 0.6 is 11.3 Å². The Hall–Kier alpha value is -2.00. The fourth-order valence-corrected chi connectivity index (χ4v) is 3.00. The maximum absolute atomic E-state index is 9.30. The third kappa shape index (κ3) is 2.63. The molecule has 0 fully saturated rings. The van der Waals surface area contributed by atoms with Gasteiger partial charge in [0.25, 0.3) is 0 Å². The van der Waals surface area contributed by atoms with Crippen LogP contribution in [0, 0.1) is 39.0 Å². The number of hydrogen-bond acceptors (Lipinski definition) is 6. The van der Waals surface area contributed by atoms with Gasteiger partial charge in [0, 0.05) is 4.88 Å². The molecule has 2 aromatic heterocycles. The smallest absolute Gasteiger partial charge is 0.167 e. The Morgan fingerprint density at radius 1 is 1.15 bits per heavy atom. The summed E-state index contributed by atoms with van der Waals surface area (Å²) in [6.07, 6.45) is 0. The molecule has 0 saturated heterocycles. The zero-order chi connectivity index (χ0) is 14.9. The number of nitrogens with one attached hydrogen (secondary N) is 1. The predicted molar refractivity (Wildman–Crippen MR) is 79.8 cm³/mol. The average Bonchev–Trinajstić information content (AvgIpc) is 2.73. The first-order valence-electron chi connectivity index (χ1n) is 6.38. The lowest BCUT2D eigenvalue weighted by Crippen LogP contribution is -2.11. The highest BCUT2D eigenvalue weighted by atomic mass is 32.1. The zero-order valence-electron chi connectivity index (χ0n) is 12.3. The third-order valence-electron chi connectivity index (χ3n) is 3.25. The van der Waals surface area contributed by atoms with E-state index in [0.717, 1.165) is 26.8 Å². The van der Waals surface area contributed by atoms with Gasteiger partial charge >= 0.3 is 0 Å². The van der Waals surface area contributed by atoms with Crippen LogP contribution in [0.3, 0.4) is 0 Å². The van der Waals surface area contributed by atoms with E-state index in [9.17, 15) is 5.26 Å².